The Morgan fingerprint density at radius 3 is 2.57 bits per heavy atom. The molecular formula is C29H27F4N7O2. The number of fused-ring (bicyclic) bond motifs is 1. The molecular weight excluding hydrogens is 554 g/mol. The van der Waals surface area contributed by atoms with Gasteiger partial charge in [-0.1, -0.05) is 6.58 Å². The summed E-state index contributed by atoms with van der Waals surface area (Å²) in [7, 11) is 0. The largest absolute Gasteiger partial charge is 0.457 e. The number of piperidine rings is 1. The number of hydrogen-bond donors (Lipinski definition) is 2. The van der Waals surface area contributed by atoms with Crippen molar-refractivity contribution in [2.45, 2.75) is 24.9 Å². The van der Waals surface area contributed by atoms with E-state index in [1.807, 2.05) is 6.20 Å². The third-order valence-electron chi connectivity index (χ3n) is 7.74. The van der Waals surface area contributed by atoms with Crippen LogP contribution in [0.3, 0.4) is 0 Å². The van der Waals surface area contributed by atoms with E-state index in [0.29, 0.717) is 36.1 Å². The number of alkyl halides is 3. The van der Waals surface area contributed by atoms with Crippen molar-refractivity contribution in [1.82, 2.24) is 24.8 Å². The van der Waals surface area contributed by atoms with Crippen LogP contribution in [0, 0.1) is 11.7 Å². The van der Waals surface area contributed by atoms with Crippen LogP contribution in [-0.2, 0) is 4.79 Å². The number of nitrogens with one attached hydrogen (secondary N) is 2. The number of aromatic nitrogens is 4. The lowest BCUT2D eigenvalue weighted by Gasteiger charge is -2.40. The maximum absolute atomic E-state index is 15.2. The monoisotopic (exact) mass is 581 g/mol. The van der Waals surface area contributed by atoms with Crippen molar-refractivity contribution in [3.05, 3.63) is 73.1 Å². The first-order valence-corrected chi connectivity index (χ1v) is 13.4. The summed E-state index contributed by atoms with van der Waals surface area (Å²) in [6.07, 6.45) is 3.33. The summed E-state index contributed by atoms with van der Waals surface area (Å²) in [4.78, 5) is 31.3. The van der Waals surface area contributed by atoms with E-state index in [4.69, 9.17) is 4.74 Å². The second-order valence-corrected chi connectivity index (χ2v) is 10.4. The number of nitrogens with zero attached hydrogens (tertiary/aromatic N) is 5. The predicted molar refractivity (Wildman–Crippen MR) is 148 cm³/mol. The molecule has 5 heterocycles. The summed E-state index contributed by atoms with van der Waals surface area (Å²) >= 11 is 0. The molecule has 9 nitrogen and oxygen atoms in total. The summed E-state index contributed by atoms with van der Waals surface area (Å²) in [6.45, 7) is 4.45. The number of carbonyl (C=O) groups excluding carboxylic acids is 1. The Labute approximate surface area is 238 Å². The predicted octanol–water partition coefficient (Wildman–Crippen LogP) is 5.92. The Morgan fingerprint density at radius 1 is 1.10 bits per heavy atom. The van der Waals surface area contributed by atoms with E-state index in [2.05, 4.69) is 31.8 Å². The SMILES string of the molecule is C=CC(=O)N1CCC(c2c[nH]c3ncnc(Nc4ccc(Oc5ccnc(N6CC(C(F)(F)F)C6)c5)cc4F)c23)CC1. The minimum atomic E-state index is -4.23. The Balaban J connectivity index is 1.16. The van der Waals surface area contributed by atoms with Crippen molar-refractivity contribution in [3.8, 4) is 11.5 Å². The van der Waals surface area contributed by atoms with Gasteiger partial charge in [0.1, 0.15) is 40.9 Å². The number of amides is 1. The van der Waals surface area contributed by atoms with Gasteiger partial charge in [-0.3, -0.25) is 4.79 Å². The molecule has 2 N–H and O–H groups in total. The number of ether oxygens (including phenoxy) is 1. The van der Waals surface area contributed by atoms with Crippen LogP contribution in [0.5, 0.6) is 11.5 Å². The van der Waals surface area contributed by atoms with Gasteiger partial charge in [0.05, 0.1) is 17.0 Å². The van der Waals surface area contributed by atoms with Gasteiger partial charge in [-0.2, -0.15) is 13.2 Å². The van der Waals surface area contributed by atoms with Crippen LogP contribution >= 0.6 is 0 Å². The van der Waals surface area contributed by atoms with Crippen molar-refractivity contribution in [2.75, 3.05) is 36.4 Å². The number of likely N-dealkylation sites (tertiary alicyclic amines) is 1. The van der Waals surface area contributed by atoms with Gasteiger partial charge in [0, 0.05) is 50.7 Å². The third kappa shape index (κ3) is 5.46. The average molecular weight is 582 g/mol. The van der Waals surface area contributed by atoms with E-state index in [1.165, 1.54) is 41.7 Å². The van der Waals surface area contributed by atoms with Gasteiger partial charge >= 0.3 is 6.18 Å². The molecule has 2 aliphatic rings. The normalized spacial score (nSPS) is 16.4. The van der Waals surface area contributed by atoms with Crippen LogP contribution in [0.4, 0.5) is 34.9 Å². The lowest BCUT2D eigenvalue weighted by molar-refractivity contribution is -0.180. The molecule has 218 valence electrons. The summed E-state index contributed by atoms with van der Waals surface area (Å²) in [5.41, 5.74) is 1.79. The number of anilines is 3. The Bertz CT molecular complexity index is 1630. The molecule has 0 radical (unpaired) electrons. The molecule has 13 heteroatoms. The standard InChI is InChI=1S/C29H27F4N7O2/c1-2-25(41)39-9-6-17(7-10-39)21-13-35-27-26(21)28(37-16-36-27)38-23-4-3-19(11-22(23)30)42-20-5-8-34-24(12-20)40-14-18(15-40)29(31,32)33/h2-5,8,11-13,16-18H,1,6-7,9-10,14-15H2,(H2,35,36,37,38). The van der Waals surface area contributed by atoms with Crippen LogP contribution in [0.2, 0.25) is 0 Å². The zero-order valence-corrected chi connectivity index (χ0v) is 22.4. The number of halogens is 4. The maximum Gasteiger partial charge on any atom is 0.395 e. The molecule has 0 atom stereocenters. The molecule has 42 heavy (non-hydrogen) atoms. The molecule has 1 amide bonds. The Kier molecular flexibility index (Phi) is 7.17. The minimum Gasteiger partial charge on any atom is -0.457 e. The molecule has 0 unspecified atom stereocenters. The summed E-state index contributed by atoms with van der Waals surface area (Å²) in [5, 5.41) is 3.83. The first-order valence-electron chi connectivity index (χ1n) is 13.4. The number of H-pyrrole nitrogens is 1. The zero-order valence-electron chi connectivity index (χ0n) is 22.4. The third-order valence-corrected chi connectivity index (χ3v) is 7.74. The number of hydrogen-bond acceptors (Lipinski definition) is 7. The maximum atomic E-state index is 15.2. The highest BCUT2D eigenvalue weighted by atomic mass is 19.4. The number of carbonyl (C=O) groups is 1. The first-order chi connectivity index (χ1) is 20.2. The van der Waals surface area contributed by atoms with Gasteiger partial charge in [0.25, 0.3) is 0 Å². The second kappa shape index (κ2) is 11.0. The Morgan fingerprint density at radius 2 is 1.86 bits per heavy atom. The van der Waals surface area contributed by atoms with E-state index in [1.54, 1.807) is 17.0 Å². The lowest BCUT2D eigenvalue weighted by atomic mass is 9.89. The fourth-order valence-corrected chi connectivity index (χ4v) is 5.38. The summed E-state index contributed by atoms with van der Waals surface area (Å²) < 4.78 is 59.5. The van der Waals surface area contributed by atoms with Crippen molar-refractivity contribution >= 4 is 34.3 Å². The van der Waals surface area contributed by atoms with Gasteiger partial charge in [-0.15, -0.1) is 0 Å². The van der Waals surface area contributed by atoms with Gasteiger partial charge in [-0.25, -0.2) is 19.3 Å². The van der Waals surface area contributed by atoms with Gasteiger partial charge in [0.15, 0.2) is 0 Å². The van der Waals surface area contributed by atoms with Crippen LogP contribution < -0.4 is 15.0 Å². The molecule has 4 aromatic rings. The number of pyridine rings is 1. The van der Waals surface area contributed by atoms with Crippen molar-refractivity contribution in [3.63, 3.8) is 0 Å². The topological polar surface area (TPSA) is 99.3 Å². The van der Waals surface area contributed by atoms with Gasteiger partial charge in [0.2, 0.25) is 5.91 Å². The fourth-order valence-electron chi connectivity index (χ4n) is 5.38. The smallest absolute Gasteiger partial charge is 0.395 e. The van der Waals surface area contributed by atoms with Crippen LogP contribution in [0.25, 0.3) is 11.0 Å². The van der Waals surface area contributed by atoms with E-state index in [9.17, 15) is 18.0 Å². The van der Waals surface area contributed by atoms with Gasteiger partial charge in [-0.05, 0) is 48.6 Å². The van der Waals surface area contributed by atoms with Crippen LogP contribution in [0.1, 0.15) is 24.3 Å². The molecule has 3 aromatic heterocycles. The highest BCUT2D eigenvalue weighted by molar-refractivity contribution is 5.92. The summed E-state index contributed by atoms with van der Waals surface area (Å²) in [5.74, 6) is -0.538. The van der Waals surface area contributed by atoms with E-state index in [0.717, 1.165) is 23.8 Å². The molecule has 0 bridgehead atoms. The molecule has 1 aromatic carbocycles. The fraction of sp³-hybridized carbons (Fsp3) is 0.310. The Hall–Kier alpha value is -4.68. The highest BCUT2D eigenvalue weighted by Crippen LogP contribution is 2.38. The van der Waals surface area contributed by atoms with Crippen molar-refractivity contribution < 1.29 is 27.1 Å². The minimum absolute atomic E-state index is 0.0828. The van der Waals surface area contributed by atoms with Crippen molar-refractivity contribution in [2.24, 2.45) is 5.92 Å². The second-order valence-electron chi connectivity index (χ2n) is 10.4. The highest BCUT2D eigenvalue weighted by Gasteiger charge is 2.47. The average Bonchev–Trinajstić information content (AvgIpc) is 3.38. The van der Waals surface area contributed by atoms with Crippen molar-refractivity contribution in [1.29, 1.82) is 0 Å². The first kappa shape index (κ1) is 27.5. The molecule has 0 saturated carbocycles. The molecule has 6 rings (SSSR count). The van der Waals surface area contributed by atoms with Gasteiger partial charge < -0.3 is 24.8 Å². The molecule has 0 spiro atoms. The summed E-state index contributed by atoms with van der Waals surface area (Å²) in [6, 6.07) is 7.40. The van der Waals surface area contributed by atoms with E-state index in [-0.39, 0.29) is 36.4 Å². The zero-order chi connectivity index (χ0) is 29.4. The molecule has 2 fully saturated rings. The number of benzene rings is 1. The van der Waals surface area contributed by atoms with E-state index >= 15 is 4.39 Å². The molecule has 0 aliphatic carbocycles. The number of rotatable bonds is 7. The quantitative estimate of drug-likeness (QED) is 0.207. The molecule has 2 saturated heterocycles. The van der Waals surface area contributed by atoms with Crippen LogP contribution in [-0.4, -0.2) is 63.1 Å². The van der Waals surface area contributed by atoms with Crippen LogP contribution in [0.15, 0.2) is 61.7 Å². The lowest BCUT2D eigenvalue weighted by Crippen LogP contribution is -2.53. The van der Waals surface area contributed by atoms with E-state index < -0.39 is 17.9 Å². The number of aromatic amines is 1. The molecule has 2 aliphatic heterocycles.